The summed E-state index contributed by atoms with van der Waals surface area (Å²) < 4.78 is 11.0. The van der Waals surface area contributed by atoms with E-state index in [0.717, 1.165) is 37.7 Å². The van der Waals surface area contributed by atoms with Crippen molar-refractivity contribution in [2.24, 2.45) is 0 Å². The number of hydrogen-bond acceptors (Lipinski definition) is 4. The Kier molecular flexibility index (Phi) is 9.79. The van der Waals surface area contributed by atoms with Gasteiger partial charge in [0.1, 0.15) is 0 Å². The molecule has 0 saturated carbocycles. The van der Waals surface area contributed by atoms with Crippen LogP contribution in [0.3, 0.4) is 0 Å². The van der Waals surface area contributed by atoms with Crippen LogP contribution in [0, 0.1) is 0 Å². The monoisotopic (exact) mass is 336 g/mol. The average Bonchev–Trinajstić information content (AvgIpc) is 2.47. The summed E-state index contributed by atoms with van der Waals surface area (Å²) in [5, 5.41) is 3.38. The van der Waals surface area contributed by atoms with E-state index in [1.807, 2.05) is 13.0 Å². The molecule has 0 aliphatic carbocycles. The Balaban J connectivity index is 0.00000200. The molecule has 6 heteroatoms. The number of halogens is 2. The Morgan fingerprint density at radius 2 is 1.86 bits per heavy atom. The van der Waals surface area contributed by atoms with Crippen LogP contribution >= 0.6 is 24.8 Å². The lowest BCUT2D eigenvalue weighted by atomic mass is 10.1. The van der Waals surface area contributed by atoms with E-state index < -0.39 is 0 Å². The SMILES string of the molecule is CCOc1cc([C@@H](C)N2CCNCC2)ccc1OC.Cl.Cl. The molecule has 0 spiro atoms. The number of nitrogens with one attached hydrogen (secondary N) is 1. The predicted molar refractivity (Wildman–Crippen MR) is 91.5 cm³/mol. The maximum Gasteiger partial charge on any atom is 0.161 e. The van der Waals surface area contributed by atoms with Crippen LogP contribution in [0.15, 0.2) is 18.2 Å². The van der Waals surface area contributed by atoms with Crippen molar-refractivity contribution in [2.45, 2.75) is 19.9 Å². The highest BCUT2D eigenvalue weighted by Crippen LogP contribution is 2.32. The standard InChI is InChI=1S/C15H24N2O2.2ClH/c1-4-19-15-11-13(5-6-14(15)18-3)12(2)17-9-7-16-8-10-17;;/h5-6,11-12,16H,4,7-10H2,1-3H3;2*1H/t12-;;/m1../s1. The van der Waals surface area contributed by atoms with Gasteiger partial charge >= 0.3 is 0 Å². The van der Waals surface area contributed by atoms with Gasteiger partial charge in [-0.25, -0.2) is 0 Å². The molecule has 1 heterocycles. The average molecular weight is 337 g/mol. The first kappa shape index (κ1) is 20.3. The van der Waals surface area contributed by atoms with Crippen molar-refractivity contribution in [3.63, 3.8) is 0 Å². The van der Waals surface area contributed by atoms with E-state index in [1.54, 1.807) is 7.11 Å². The third kappa shape index (κ3) is 5.22. The topological polar surface area (TPSA) is 33.7 Å². The predicted octanol–water partition coefficient (Wildman–Crippen LogP) is 2.90. The van der Waals surface area contributed by atoms with E-state index in [9.17, 15) is 0 Å². The van der Waals surface area contributed by atoms with Gasteiger partial charge in [-0.3, -0.25) is 4.90 Å². The molecule has 1 saturated heterocycles. The van der Waals surface area contributed by atoms with Gasteiger partial charge in [0.15, 0.2) is 11.5 Å². The zero-order valence-electron chi connectivity index (χ0n) is 12.9. The molecule has 0 unspecified atom stereocenters. The Hall–Kier alpha value is -0.680. The van der Waals surface area contributed by atoms with Crippen molar-refractivity contribution in [3.05, 3.63) is 23.8 Å². The van der Waals surface area contributed by atoms with E-state index in [-0.39, 0.29) is 24.8 Å². The van der Waals surface area contributed by atoms with Gasteiger partial charge in [0.25, 0.3) is 0 Å². The second kappa shape index (κ2) is 10.1. The van der Waals surface area contributed by atoms with Crippen LogP contribution < -0.4 is 14.8 Å². The zero-order chi connectivity index (χ0) is 13.7. The second-order valence-corrected chi connectivity index (χ2v) is 4.81. The highest BCUT2D eigenvalue weighted by molar-refractivity contribution is 5.85. The van der Waals surface area contributed by atoms with Gasteiger partial charge in [0.2, 0.25) is 0 Å². The van der Waals surface area contributed by atoms with Gasteiger partial charge in [-0.2, -0.15) is 0 Å². The molecule has 1 aliphatic heterocycles. The number of benzene rings is 1. The summed E-state index contributed by atoms with van der Waals surface area (Å²) in [5.41, 5.74) is 1.28. The smallest absolute Gasteiger partial charge is 0.161 e. The fraction of sp³-hybridized carbons (Fsp3) is 0.600. The minimum absolute atomic E-state index is 0. The van der Waals surface area contributed by atoms with Crippen LogP contribution in [-0.4, -0.2) is 44.8 Å². The van der Waals surface area contributed by atoms with Crippen molar-refractivity contribution in [2.75, 3.05) is 39.9 Å². The molecule has 122 valence electrons. The lowest BCUT2D eigenvalue weighted by Crippen LogP contribution is -2.44. The normalized spacial score (nSPS) is 16.3. The highest BCUT2D eigenvalue weighted by Gasteiger charge is 2.19. The van der Waals surface area contributed by atoms with Gasteiger partial charge < -0.3 is 14.8 Å². The van der Waals surface area contributed by atoms with Crippen molar-refractivity contribution in [1.29, 1.82) is 0 Å². The summed E-state index contributed by atoms with van der Waals surface area (Å²) >= 11 is 0. The van der Waals surface area contributed by atoms with E-state index in [2.05, 4.69) is 29.3 Å². The van der Waals surface area contributed by atoms with E-state index in [4.69, 9.17) is 9.47 Å². The van der Waals surface area contributed by atoms with Crippen LogP contribution in [0.5, 0.6) is 11.5 Å². The first-order valence-corrected chi connectivity index (χ1v) is 7.01. The summed E-state index contributed by atoms with van der Waals surface area (Å²) in [6.45, 7) is 9.22. The quantitative estimate of drug-likeness (QED) is 0.896. The lowest BCUT2D eigenvalue weighted by molar-refractivity contribution is 0.185. The molecule has 1 aliphatic rings. The van der Waals surface area contributed by atoms with Gasteiger partial charge in [-0.05, 0) is 31.5 Å². The first-order valence-electron chi connectivity index (χ1n) is 7.01. The molecular formula is C15H26Cl2N2O2. The van der Waals surface area contributed by atoms with Crippen molar-refractivity contribution in [3.8, 4) is 11.5 Å². The molecule has 1 fully saturated rings. The molecule has 0 radical (unpaired) electrons. The van der Waals surface area contributed by atoms with Crippen LogP contribution in [0.25, 0.3) is 0 Å². The largest absolute Gasteiger partial charge is 0.493 e. The van der Waals surface area contributed by atoms with Crippen LogP contribution in [-0.2, 0) is 0 Å². The van der Waals surface area contributed by atoms with Gasteiger partial charge in [-0.1, -0.05) is 6.07 Å². The maximum atomic E-state index is 5.65. The van der Waals surface area contributed by atoms with E-state index >= 15 is 0 Å². The highest BCUT2D eigenvalue weighted by atomic mass is 35.5. The molecule has 0 bridgehead atoms. The zero-order valence-corrected chi connectivity index (χ0v) is 14.6. The fourth-order valence-electron chi connectivity index (χ4n) is 2.50. The van der Waals surface area contributed by atoms with E-state index in [1.165, 1.54) is 5.56 Å². The molecule has 21 heavy (non-hydrogen) atoms. The van der Waals surface area contributed by atoms with Gasteiger partial charge in [0.05, 0.1) is 13.7 Å². The molecule has 0 aromatic heterocycles. The second-order valence-electron chi connectivity index (χ2n) is 4.81. The minimum Gasteiger partial charge on any atom is -0.493 e. The molecule has 1 aromatic carbocycles. The summed E-state index contributed by atoms with van der Waals surface area (Å²) in [7, 11) is 1.68. The summed E-state index contributed by atoms with van der Waals surface area (Å²) in [6.07, 6.45) is 0. The van der Waals surface area contributed by atoms with Crippen molar-refractivity contribution >= 4 is 24.8 Å². The fourth-order valence-corrected chi connectivity index (χ4v) is 2.50. The summed E-state index contributed by atoms with van der Waals surface area (Å²) in [6, 6.07) is 6.65. The van der Waals surface area contributed by atoms with Crippen LogP contribution in [0.1, 0.15) is 25.5 Å². The number of nitrogens with zero attached hydrogens (tertiary/aromatic N) is 1. The molecular weight excluding hydrogens is 311 g/mol. The van der Waals surface area contributed by atoms with E-state index in [0.29, 0.717) is 12.6 Å². The molecule has 1 atom stereocenters. The van der Waals surface area contributed by atoms with Crippen LogP contribution in [0.2, 0.25) is 0 Å². The Bertz CT molecular complexity index is 413. The minimum atomic E-state index is 0. The first-order chi connectivity index (χ1) is 9.26. The van der Waals surface area contributed by atoms with Crippen molar-refractivity contribution in [1.82, 2.24) is 10.2 Å². The third-order valence-electron chi connectivity index (χ3n) is 3.67. The third-order valence-corrected chi connectivity index (χ3v) is 3.67. The maximum absolute atomic E-state index is 5.65. The lowest BCUT2D eigenvalue weighted by Gasteiger charge is -2.33. The summed E-state index contributed by atoms with van der Waals surface area (Å²) in [5.74, 6) is 1.64. The van der Waals surface area contributed by atoms with Gasteiger partial charge in [0, 0.05) is 32.2 Å². The Morgan fingerprint density at radius 3 is 2.43 bits per heavy atom. The Morgan fingerprint density at radius 1 is 1.19 bits per heavy atom. The molecule has 1 N–H and O–H groups in total. The summed E-state index contributed by atoms with van der Waals surface area (Å²) in [4.78, 5) is 2.49. The number of ether oxygens (including phenoxy) is 2. The molecule has 0 amide bonds. The Labute approximate surface area is 140 Å². The molecule has 1 aromatic rings. The molecule has 4 nitrogen and oxygen atoms in total. The number of hydrogen-bond donors (Lipinski definition) is 1. The number of rotatable bonds is 5. The number of piperazine rings is 1. The molecule has 2 rings (SSSR count). The van der Waals surface area contributed by atoms with Crippen LogP contribution in [0.4, 0.5) is 0 Å². The number of methoxy groups -OCH3 is 1. The van der Waals surface area contributed by atoms with Gasteiger partial charge in [-0.15, -0.1) is 24.8 Å². The van der Waals surface area contributed by atoms with Crippen molar-refractivity contribution < 1.29 is 9.47 Å².